The molecule has 1 saturated carbocycles. The van der Waals surface area contributed by atoms with E-state index in [0.29, 0.717) is 11.7 Å². The van der Waals surface area contributed by atoms with Crippen LogP contribution in [0.25, 0.3) is 0 Å². The van der Waals surface area contributed by atoms with Crippen LogP contribution in [0, 0.1) is 12.8 Å². The molecular formula is C16H22O. The summed E-state index contributed by atoms with van der Waals surface area (Å²) < 4.78 is 0. The largest absolute Gasteiger partial charge is 0.294 e. The zero-order valence-electron chi connectivity index (χ0n) is 10.7. The number of hydrogen-bond acceptors (Lipinski definition) is 1. The van der Waals surface area contributed by atoms with Crippen molar-refractivity contribution >= 4 is 5.78 Å². The first-order valence-corrected chi connectivity index (χ1v) is 6.86. The molecule has 1 heteroatoms. The van der Waals surface area contributed by atoms with Crippen LogP contribution in [0.5, 0.6) is 0 Å². The van der Waals surface area contributed by atoms with Gasteiger partial charge in [-0.25, -0.2) is 0 Å². The van der Waals surface area contributed by atoms with Gasteiger partial charge in [0.1, 0.15) is 0 Å². The van der Waals surface area contributed by atoms with Crippen molar-refractivity contribution in [3.8, 4) is 0 Å². The minimum absolute atomic E-state index is 0.343. The fraction of sp³-hybridized carbons (Fsp3) is 0.562. The van der Waals surface area contributed by atoms with Crippen molar-refractivity contribution < 1.29 is 4.79 Å². The Morgan fingerprint density at radius 1 is 1.12 bits per heavy atom. The summed E-state index contributed by atoms with van der Waals surface area (Å²) in [7, 11) is 0. The lowest BCUT2D eigenvalue weighted by Crippen LogP contribution is -2.09. The molecule has 0 spiro atoms. The highest BCUT2D eigenvalue weighted by molar-refractivity contribution is 5.97. The van der Waals surface area contributed by atoms with Crippen LogP contribution in [0.2, 0.25) is 0 Å². The third kappa shape index (κ3) is 3.42. The second kappa shape index (κ2) is 6.00. The van der Waals surface area contributed by atoms with Crippen molar-refractivity contribution in [2.24, 2.45) is 5.92 Å². The van der Waals surface area contributed by atoms with Gasteiger partial charge in [0, 0.05) is 12.0 Å². The molecule has 0 N–H and O–H groups in total. The van der Waals surface area contributed by atoms with Crippen LogP contribution in [0.4, 0.5) is 0 Å². The molecule has 0 amide bonds. The Morgan fingerprint density at radius 2 is 1.76 bits per heavy atom. The fourth-order valence-corrected chi connectivity index (χ4v) is 2.83. The summed E-state index contributed by atoms with van der Waals surface area (Å²) in [5, 5.41) is 0. The third-order valence-electron chi connectivity index (χ3n) is 3.89. The van der Waals surface area contributed by atoms with Gasteiger partial charge in [0.25, 0.3) is 0 Å². The number of carbonyl (C=O) groups is 1. The standard InChI is InChI=1S/C16H22O/c1-13-8-6-7-11-15(13)16(17)12-14-9-4-2-3-5-10-14/h6-8,11,14H,2-5,9-10,12H2,1H3. The third-order valence-corrected chi connectivity index (χ3v) is 3.89. The molecule has 0 aromatic heterocycles. The van der Waals surface area contributed by atoms with Crippen LogP contribution in [0.1, 0.15) is 60.9 Å². The number of carbonyl (C=O) groups excluding carboxylic acids is 1. The zero-order chi connectivity index (χ0) is 12.1. The lowest BCUT2D eigenvalue weighted by atomic mass is 9.91. The van der Waals surface area contributed by atoms with Crippen LogP contribution in [-0.2, 0) is 0 Å². The number of ketones is 1. The second-order valence-corrected chi connectivity index (χ2v) is 5.30. The molecule has 1 nitrogen and oxygen atoms in total. The van der Waals surface area contributed by atoms with Gasteiger partial charge in [-0.15, -0.1) is 0 Å². The summed E-state index contributed by atoms with van der Waals surface area (Å²) >= 11 is 0. The van der Waals surface area contributed by atoms with Crippen LogP contribution >= 0.6 is 0 Å². The molecule has 1 aromatic rings. The van der Waals surface area contributed by atoms with Crippen LogP contribution in [-0.4, -0.2) is 5.78 Å². The van der Waals surface area contributed by atoms with E-state index < -0.39 is 0 Å². The first-order valence-electron chi connectivity index (χ1n) is 6.86. The van der Waals surface area contributed by atoms with E-state index in [0.717, 1.165) is 17.5 Å². The highest BCUT2D eigenvalue weighted by atomic mass is 16.1. The van der Waals surface area contributed by atoms with Gasteiger partial charge >= 0.3 is 0 Å². The molecule has 0 unspecified atom stereocenters. The maximum Gasteiger partial charge on any atom is 0.163 e. The minimum Gasteiger partial charge on any atom is -0.294 e. The molecule has 17 heavy (non-hydrogen) atoms. The second-order valence-electron chi connectivity index (χ2n) is 5.30. The molecule has 1 aliphatic rings. The Hall–Kier alpha value is -1.11. The first-order chi connectivity index (χ1) is 8.27. The maximum atomic E-state index is 12.2. The summed E-state index contributed by atoms with van der Waals surface area (Å²) in [5.41, 5.74) is 2.04. The van der Waals surface area contributed by atoms with Gasteiger partial charge < -0.3 is 0 Å². The number of hydrogen-bond donors (Lipinski definition) is 0. The van der Waals surface area contributed by atoms with Crippen molar-refractivity contribution in [1.82, 2.24) is 0 Å². The molecule has 0 bridgehead atoms. The molecule has 1 aliphatic carbocycles. The quantitative estimate of drug-likeness (QED) is 0.550. The molecule has 0 heterocycles. The van der Waals surface area contributed by atoms with Gasteiger partial charge in [0.15, 0.2) is 5.78 Å². The fourth-order valence-electron chi connectivity index (χ4n) is 2.83. The van der Waals surface area contributed by atoms with Gasteiger partial charge in [-0.05, 0) is 18.4 Å². The van der Waals surface area contributed by atoms with Crippen LogP contribution in [0.15, 0.2) is 24.3 Å². The highest BCUT2D eigenvalue weighted by Crippen LogP contribution is 2.27. The van der Waals surface area contributed by atoms with Gasteiger partial charge in [0.2, 0.25) is 0 Å². The average Bonchev–Trinajstić information content (AvgIpc) is 2.58. The summed E-state index contributed by atoms with van der Waals surface area (Å²) in [4.78, 5) is 12.2. The van der Waals surface area contributed by atoms with E-state index in [1.807, 2.05) is 31.2 Å². The Bertz CT molecular complexity index is 373. The van der Waals surface area contributed by atoms with E-state index in [1.54, 1.807) is 0 Å². The van der Waals surface area contributed by atoms with E-state index in [2.05, 4.69) is 0 Å². The summed E-state index contributed by atoms with van der Waals surface area (Å²) in [6.07, 6.45) is 8.58. The van der Waals surface area contributed by atoms with Crippen molar-refractivity contribution in [3.05, 3.63) is 35.4 Å². The molecule has 0 aliphatic heterocycles. The lowest BCUT2D eigenvalue weighted by Gasteiger charge is -2.13. The predicted octanol–water partition coefficient (Wildman–Crippen LogP) is 4.54. The van der Waals surface area contributed by atoms with Crippen molar-refractivity contribution in [1.29, 1.82) is 0 Å². The predicted molar refractivity (Wildman–Crippen MR) is 71.3 cm³/mol. The molecule has 2 rings (SSSR count). The normalized spacial score (nSPS) is 17.7. The maximum absolute atomic E-state index is 12.2. The van der Waals surface area contributed by atoms with Crippen LogP contribution < -0.4 is 0 Å². The molecule has 1 aromatic carbocycles. The van der Waals surface area contributed by atoms with Gasteiger partial charge in [-0.1, -0.05) is 62.8 Å². The number of aryl methyl sites for hydroxylation is 1. The Balaban J connectivity index is 1.98. The topological polar surface area (TPSA) is 17.1 Å². The van der Waals surface area contributed by atoms with E-state index in [-0.39, 0.29) is 0 Å². The highest BCUT2D eigenvalue weighted by Gasteiger charge is 2.17. The average molecular weight is 230 g/mol. The molecule has 92 valence electrons. The molecule has 0 atom stereocenters. The smallest absolute Gasteiger partial charge is 0.163 e. The van der Waals surface area contributed by atoms with Gasteiger partial charge in [0.05, 0.1) is 0 Å². The first kappa shape index (κ1) is 12.3. The van der Waals surface area contributed by atoms with Crippen molar-refractivity contribution in [2.75, 3.05) is 0 Å². The Labute approximate surface area is 104 Å². The Morgan fingerprint density at radius 3 is 2.41 bits per heavy atom. The summed E-state index contributed by atoms with van der Waals surface area (Å²) in [5.74, 6) is 0.972. The monoisotopic (exact) mass is 230 g/mol. The zero-order valence-corrected chi connectivity index (χ0v) is 10.7. The van der Waals surface area contributed by atoms with Crippen molar-refractivity contribution in [3.63, 3.8) is 0 Å². The number of rotatable bonds is 3. The SMILES string of the molecule is Cc1ccccc1C(=O)CC1CCCCCC1. The van der Waals surface area contributed by atoms with Gasteiger partial charge in [-0.3, -0.25) is 4.79 Å². The van der Waals surface area contributed by atoms with E-state index in [1.165, 1.54) is 38.5 Å². The number of Topliss-reactive ketones (excluding diaryl/α,β-unsaturated/α-hetero) is 1. The molecule has 0 saturated heterocycles. The number of benzene rings is 1. The van der Waals surface area contributed by atoms with Crippen molar-refractivity contribution in [2.45, 2.75) is 51.9 Å². The summed E-state index contributed by atoms with van der Waals surface area (Å²) in [6, 6.07) is 7.96. The van der Waals surface area contributed by atoms with E-state index in [9.17, 15) is 4.79 Å². The van der Waals surface area contributed by atoms with E-state index >= 15 is 0 Å². The molecule has 0 radical (unpaired) electrons. The minimum atomic E-state index is 0.343. The molecule has 1 fully saturated rings. The lowest BCUT2D eigenvalue weighted by molar-refractivity contribution is 0.0956. The summed E-state index contributed by atoms with van der Waals surface area (Å²) in [6.45, 7) is 2.03. The van der Waals surface area contributed by atoms with Gasteiger partial charge in [-0.2, -0.15) is 0 Å². The Kier molecular flexibility index (Phi) is 4.36. The molecular weight excluding hydrogens is 208 g/mol. The van der Waals surface area contributed by atoms with Crippen LogP contribution in [0.3, 0.4) is 0 Å². The van der Waals surface area contributed by atoms with E-state index in [4.69, 9.17) is 0 Å².